The zero-order valence-corrected chi connectivity index (χ0v) is 27.3. The van der Waals surface area contributed by atoms with E-state index in [0.29, 0.717) is 21.5 Å². The molecule has 6 rings (SSSR count). The number of hydrogen-bond donors (Lipinski definition) is 3. The van der Waals surface area contributed by atoms with Crippen molar-refractivity contribution in [2.24, 2.45) is 10.6 Å². The quantitative estimate of drug-likeness (QED) is 0.181. The van der Waals surface area contributed by atoms with Crippen LogP contribution in [0.25, 0.3) is 10.1 Å². The number of rotatable bonds is 9. The van der Waals surface area contributed by atoms with E-state index in [2.05, 4.69) is 27.4 Å². The minimum absolute atomic E-state index is 0.000294. The van der Waals surface area contributed by atoms with Gasteiger partial charge in [-0.05, 0) is 54.8 Å². The first kappa shape index (κ1) is 34.6. The maximum Gasteiger partial charge on any atom is 0.422 e. The first-order valence-corrected chi connectivity index (χ1v) is 17.7. The van der Waals surface area contributed by atoms with E-state index in [1.807, 2.05) is 6.07 Å². The molecular weight excluding hydrogens is 682 g/mol. The van der Waals surface area contributed by atoms with Gasteiger partial charge in [-0.1, -0.05) is 24.0 Å². The van der Waals surface area contributed by atoms with E-state index in [9.17, 15) is 34.8 Å². The van der Waals surface area contributed by atoms with Crippen molar-refractivity contribution in [3.63, 3.8) is 0 Å². The van der Waals surface area contributed by atoms with Gasteiger partial charge in [0.25, 0.3) is 0 Å². The van der Waals surface area contributed by atoms with Crippen molar-refractivity contribution in [2.75, 3.05) is 50.1 Å². The smallest absolute Gasteiger partial charge is 0.422 e. The Bertz CT molecular complexity index is 1810. The third-order valence-electron chi connectivity index (χ3n) is 8.90. The number of halogens is 6. The molecule has 4 N–H and O–H groups in total. The van der Waals surface area contributed by atoms with E-state index in [0.717, 1.165) is 81.1 Å². The van der Waals surface area contributed by atoms with Gasteiger partial charge in [0.1, 0.15) is 5.75 Å². The van der Waals surface area contributed by atoms with Crippen LogP contribution in [0, 0.1) is 17.3 Å². The molecule has 0 amide bonds. The lowest BCUT2D eigenvalue weighted by Crippen LogP contribution is -2.68. The molecule has 0 unspecified atom stereocenters. The zero-order valence-electron chi connectivity index (χ0n) is 25.6. The fourth-order valence-corrected chi connectivity index (χ4v) is 8.28. The van der Waals surface area contributed by atoms with E-state index in [-0.39, 0.29) is 28.7 Å². The summed E-state index contributed by atoms with van der Waals surface area (Å²) < 4.78 is 114. The Morgan fingerprint density at radius 1 is 1.02 bits per heavy atom. The van der Waals surface area contributed by atoms with E-state index in [1.165, 1.54) is 6.07 Å². The Morgan fingerprint density at radius 2 is 1.75 bits per heavy atom. The summed E-state index contributed by atoms with van der Waals surface area (Å²) in [7, 11) is -4.23. The number of likely N-dealkylation sites (tertiary alicyclic amines) is 1. The maximum atomic E-state index is 13.7. The maximum absolute atomic E-state index is 13.7. The van der Waals surface area contributed by atoms with Crippen LogP contribution in [0.15, 0.2) is 41.3 Å². The summed E-state index contributed by atoms with van der Waals surface area (Å²) in [6, 6.07) is 9.10. The van der Waals surface area contributed by atoms with E-state index >= 15 is 0 Å². The molecule has 0 bridgehead atoms. The lowest BCUT2D eigenvalue weighted by atomic mass is 9.75. The standard InChI is InChI=1S/C32H34F6N4O4S2/c33-31(34,35)14-24-23-3-1-4-26(41-20-6-8-21(9-7-20)42-15-30(16-42)17-45-18-30)29(23)47-28(24)5-2-12-40-25-11-10-22(48(39,43)44)13-27(25)46-19-32(36,37)38/h1,3-4,10-11,13,20-21,40-41H,6-9,12,14-19H2,(H2,39,43,44). The van der Waals surface area contributed by atoms with Crippen LogP contribution < -0.4 is 20.5 Å². The summed E-state index contributed by atoms with van der Waals surface area (Å²) in [4.78, 5) is 2.31. The fraction of sp³-hybridized carbons (Fsp3) is 0.500. The molecule has 1 aromatic heterocycles. The number of benzene rings is 2. The average Bonchev–Trinajstić information content (AvgIpc) is 3.29. The van der Waals surface area contributed by atoms with Crippen molar-refractivity contribution in [1.29, 1.82) is 0 Å². The number of hydrogen-bond acceptors (Lipinski definition) is 8. The van der Waals surface area contributed by atoms with Crippen LogP contribution in [-0.4, -0.2) is 77.2 Å². The molecule has 8 nitrogen and oxygen atoms in total. The fourth-order valence-electron chi connectivity index (χ4n) is 6.58. The van der Waals surface area contributed by atoms with Gasteiger partial charge in [0.15, 0.2) is 6.61 Å². The van der Waals surface area contributed by atoms with Gasteiger partial charge in [0.2, 0.25) is 10.0 Å². The molecule has 260 valence electrons. The molecule has 0 atom stereocenters. The highest BCUT2D eigenvalue weighted by atomic mass is 32.2. The number of primary sulfonamides is 1. The molecule has 48 heavy (non-hydrogen) atoms. The second kappa shape index (κ2) is 13.2. The molecule has 3 aliphatic rings. The number of sulfonamides is 1. The molecule has 3 heterocycles. The molecule has 1 aliphatic carbocycles. The molecule has 16 heteroatoms. The second-order valence-corrected chi connectivity index (χ2v) is 15.3. The highest BCUT2D eigenvalue weighted by molar-refractivity contribution is 7.89. The van der Waals surface area contributed by atoms with Crippen molar-refractivity contribution >= 4 is 42.8 Å². The number of anilines is 2. The van der Waals surface area contributed by atoms with Gasteiger partial charge < -0.3 is 20.1 Å². The van der Waals surface area contributed by atoms with Gasteiger partial charge in [0, 0.05) is 36.7 Å². The number of nitrogens with two attached hydrogens (primary N) is 1. The van der Waals surface area contributed by atoms with Crippen LogP contribution in [0.2, 0.25) is 0 Å². The Kier molecular flexibility index (Phi) is 9.55. The number of fused-ring (bicyclic) bond motifs is 1. The summed E-state index contributed by atoms with van der Waals surface area (Å²) in [6.07, 6.45) is -6.36. The van der Waals surface area contributed by atoms with Crippen molar-refractivity contribution in [1.82, 2.24) is 4.90 Å². The summed E-state index contributed by atoms with van der Waals surface area (Å²) in [5.74, 6) is 5.14. The van der Waals surface area contributed by atoms with Gasteiger partial charge in [-0.3, -0.25) is 4.90 Å². The van der Waals surface area contributed by atoms with Crippen molar-refractivity contribution in [3.05, 3.63) is 46.8 Å². The van der Waals surface area contributed by atoms with Crippen molar-refractivity contribution < 1.29 is 44.2 Å². The average molecular weight is 717 g/mol. The van der Waals surface area contributed by atoms with Crippen LogP contribution >= 0.6 is 11.3 Å². The number of nitrogens with zero attached hydrogens (tertiary/aromatic N) is 1. The van der Waals surface area contributed by atoms with Crippen LogP contribution in [0.3, 0.4) is 0 Å². The third kappa shape index (κ3) is 8.14. The molecule has 0 radical (unpaired) electrons. The highest BCUT2D eigenvalue weighted by Gasteiger charge is 2.50. The van der Waals surface area contributed by atoms with Crippen LogP contribution in [0.5, 0.6) is 5.75 Å². The normalized spacial score (nSPS) is 21.2. The zero-order chi connectivity index (χ0) is 34.3. The molecule has 1 spiro atoms. The number of ether oxygens (including phenoxy) is 2. The monoisotopic (exact) mass is 716 g/mol. The minimum atomic E-state index is -4.69. The van der Waals surface area contributed by atoms with Gasteiger partial charge in [-0.25, -0.2) is 13.6 Å². The first-order valence-electron chi connectivity index (χ1n) is 15.4. The Labute approximate surface area is 278 Å². The molecule has 2 aromatic carbocycles. The van der Waals surface area contributed by atoms with Gasteiger partial charge in [-0.2, -0.15) is 26.3 Å². The molecule has 3 aromatic rings. The summed E-state index contributed by atoms with van der Waals surface area (Å²) in [5.41, 5.74) is 1.18. The molecule has 3 fully saturated rings. The Balaban J connectivity index is 1.17. The predicted molar refractivity (Wildman–Crippen MR) is 171 cm³/mol. The van der Waals surface area contributed by atoms with Crippen LogP contribution in [0.4, 0.5) is 37.7 Å². The molecule has 2 aliphatic heterocycles. The Hall–Kier alpha value is -3.23. The lowest BCUT2D eigenvalue weighted by Gasteiger charge is -2.58. The summed E-state index contributed by atoms with van der Waals surface area (Å²) in [5, 5.41) is 11.9. The molecule has 1 saturated carbocycles. The van der Waals surface area contributed by atoms with Crippen molar-refractivity contribution in [3.8, 4) is 17.6 Å². The summed E-state index contributed by atoms with van der Waals surface area (Å²) in [6.45, 7) is 2.01. The Morgan fingerprint density at radius 3 is 2.38 bits per heavy atom. The summed E-state index contributed by atoms with van der Waals surface area (Å²) >= 11 is 1.16. The third-order valence-corrected chi connectivity index (χ3v) is 11.0. The van der Waals surface area contributed by atoms with Crippen LogP contribution in [-0.2, 0) is 21.2 Å². The number of nitrogens with one attached hydrogen (secondary N) is 2. The van der Waals surface area contributed by atoms with Crippen LogP contribution in [0.1, 0.15) is 36.1 Å². The molecule has 2 saturated heterocycles. The topological polar surface area (TPSA) is 106 Å². The predicted octanol–water partition coefficient (Wildman–Crippen LogP) is 6.11. The minimum Gasteiger partial charge on any atom is -0.482 e. The van der Waals surface area contributed by atoms with E-state index < -0.39 is 46.0 Å². The number of alkyl halides is 6. The largest absolute Gasteiger partial charge is 0.482 e. The lowest BCUT2D eigenvalue weighted by molar-refractivity contribution is -0.200. The second-order valence-electron chi connectivity index (χ2n) is 12.7. The van der Waals surface area contributed by atoms with E-state index in [4.69, 9.17) is 14.6 Å². The van der Waals surface area contributed by atoms with Gasteiger partial charge >= 0.3 is 12.4 Å². The van der Waals surface area contributed by atoms with Gasteiger partial charge in [-0.15, -0.1) is 11.3 Å². The van der Waals surface area contributed by atoms with Crippen molar-refractivity contribution in [2.45, 2.75) is 61.4 Å². The van der Waals surface area contributed by atoms with Gasteiger partial charge in [0.05, 0.1) is 52.0 Å². The van der Waals surface area contributed by atoms with E-state index in [1.54, 1.807) is 12.1 Å². The number of thiophene rings is 1. The molecular formula is C32H34F6N4O4S2. The first-order chi connectivity index (χ1) is 22.6. The highest BCUT2D eigenvalue weighted by Crippen LogP contribution is 2.43. The SMILES string of the molecule is NS(=O)(=O)c1ccc(NCC#Cc2sc3c(NC4CCC(N5CC6(COC6)C5)CC4)cccc3c2CC(F)(F)F)c(OCC(F)(F)F)c1.